The molecule has 7 nitrogen and oxygen atoms in total. The van der Waals surface area contributed by atoms with Crippen molar-refractivity contribution in [1.82, 2.24) is 14.6 Å². The summed E-state index contributed by atoms with van der Waals surface area (Å²) in [4.78, 5) is 29.9. The van der Waals surface area contributed by atoms with E-state index in [0.29, 0.717) is 11.0 Å². The Morgan fingerprint density at radius 1 is 1.22 bits per heavy atom. The minimum Gasteiger partial charge on any atom is -0.477 e. The van der Waals surface area contributed by atoms with Gasteiger partial charge >= 0.3 is 5.97 Å². The van der Waals surface area contributed by atoms with E-state index >= 15 is 0 Å². The zero-order valence-corrected chi connectivity index (χ0v) is 14.1. The summed E-state index contributed by atoms with van der Waals surface area (Å²) in [6, 6.07) is 3.26. The molecule has 126 valence electrons. The van der Waals surface area contributed by atoms with E-state index in [0.717, 1.165) is 26.2 Å². The fourth-order valence-corrected chi connectivity index (χ4v) is 2.52. The number of likely N-dealkylation sites (N-methyl/N-ethyl adjacent to an activating group) is 1. The average Bonchev–Trinajstić information content (AvgIpc) is 2.49. The standard InChI is InChI=1S/C14H16N4O3.2ClH/c1-16-5-7-17(8-6-16)18-9-11(14(20)21)12(19)10-3-2-4-15-13(10)18;;/h2-4,9H,5-8H2,1H3,(H,20,21);2*1H. The highest BCUT2D eigenvalue weighted by molar-refractivity contribution is 5.91. The second-order valence-electron chi connectivity index (χ2n) is 5.15. The van der Waals surface area contributed by atoms with Crippen molar-refractivity contribution in [1.29, 1.82) is 0 Å². The summed E-state index contributed by atoms with van der Waals surface area (Å²) in [5.41, 5.74) is -0.220. The molecule has 1 saturated heterocycles. The van der Waals surface area contributed by atoms with Crippen LogP contribution in [0.15, 0.2) is 29.3 Å². The van der Waals surface area contributed by atoms with Crippen LogP contribution in [-0.2, 0) is 0 Å². The van der Waals surface area contributed by atoms with Crippen LogP contribution >= 0.6 is 24.8 Å². The number of carbonyl (C=O) groups is 1. The first-order chi connectivity index (χ1) is 10.1. The predicted octanol–water partition coefficient (Wildman–Crippen LogP) is 0.822. The Kier molecular flexibility index (Phi) is 6.37. The van der Waals surface area contributed by atoms with Gasteiger partial charge in [0.25, 0.3) is 0 Å². The molecule has 23 heavy (non-hydrogen) atoms. The third-order valence-electron chi connectivity index (χ3n) is 3.76. The first-order valence-corrected chi connectivity index (χ1v) is 6.75. The summed E-state index contributed by atoms with van der Waals surface area (Å²) in [5, 5.41) is 11.6. The van der Waals surface area contributed by atoms with Gasteiger partial charge in [0, 0.05) is 38.6 Å². The van der Waals surface area contributed by atoms with Crippen LogP contribution in [0.5, 0.6) is 0 Å². The predicted molar refractivity (Wildman–Crippen MR) is 92.9 cm³/mol. The van der Waals surface area contributed by atoms with Crippen molar-refractivity contribution in [2.45, 2.75) is 0 Å². The molecule has 0 unspecified atom stereocenters. The van der Waals surface area contributed by atoms with Gasteiger partial charge in [0.1, 0.15) is 5.56 Å². The molecule has 0 atom stereocenters. The molecular formula is C14H18Cl2N4O3. The van der Waals surface area contributed by atoms with Gasteiger partial charge in [-0.05, 0) is 19.2 Å². The van der Waals surface area contributed by atoms with Gasteiger partial charge in [-0.1, -0.05) is 0 Å². The van der Waals surface area contributed by atoms with Crippen LogP contribution in [0, 0.1) is 0 Å². The summed E-state index contributed by atoms with van der Waals surface area (Å²) in [6.07, 6.45) is 2.99. The number of halogens is 2. The van der Waals surface area contributed by atoms with Gasteiger partial charge in [-0.15, -0.1) is 24.8 Å². The molecule has 0 spiro atoms. The Hall–Kier alpha value is -1.83. The highest BCUT2D eigenvalue weighted by Crippen LogP contribution is 2.11. The fourth-order valence-electron chi connectivity index (χ4n) is 2.52. The molecule has 0 saturated carbocycles. The summed E-state index contributed by atoms with van der Waals surface area (Å²) < 4.78 is 1.70. The number of aromatic nitrogens is 2. The van der Waals surface area contributed by atoms with Gasteiger partial charge < -0.3 is 15.0 Å². The van der Waals surface area contributed by atoms with Gasteiger partial charge in [-0.2, -0.15) is 0 Å². The van der Waals surface area contributed by atoms with Gasteiger partial charge in [0.15, 0.2) is 5.65 Å². The largest absolute Gasteiger partial charge is 0.477 e. The van der Waals surface area contributed by atoms with Crippen molar-refractivity contribution in [2.75, 3.05) is 38.2 Å². The molecule has 3 rings (SSSR count). The van der Waals surface area contributed by atoms with Crippen LogP contribution in [0.25, 0.3) is 11.0 Å². The van der Waals surface area contributed by atoms with Crippen molar-refractivity contribution in [3.63, 3.8) is 0 Å². The molecule has 2 aromatic rings. The minimum absolute atomic E-state index is 0. The van der Waals surface area contributed by atoms with Gasteiger partial charge in [0.05, 0.1) is 5.39 Å². The Balaban J connectivity index is 0.00000132. The third-order valence-corrected chi connectivity index (χ3v) is 3.76. The topological polar surface area (TPSA) is 78.7 Å². The van der Waals surface area contributed by atoms with Crippen molar-refractivity contribution >= 4 is 41.8 Å². The lowest BCUT2D eigenvalue weighted by molar-refractivity contribution is 0.0694. The van der Waals surface area contributed by atoms with Crippen LogP contribution in [0.2, 0.25) is 0 Å². The number of fused-ring (bicyclic) bond motifs is 1. The number of carboxylic acids is 1. The molecule has 0 aromatic carbocycles. The Labute approximate surface area is 145 Å². The zero-order valence-electron chi connectivity index (χ0n) is 12.5. The van der Waals surface area contributed by atoms with E-state index in [-0.39, 0.29) is 30.4 Å². The number of aromatic carboxylic acids is 1. The number of pyridine rings is 2. The van der Waals surface area contributed by atoms with Gasteiger partial charge in [-0.25, -0.2) is 14.5 Å². The molecular weight excluding hydrogens is 343 g/mol. The molecule has 0 bridgehead atoms. The van der Waals surface area contributed by atoms with Crippen molar-refractivity contribution in [2.24, 2.45) is 0 Å². The number of nitrogens with zero attached hydrogens (tertiary/aromatic N) is 4. The second-order valence-corrected chi connectivity index (χ2v) is 5.15. The Bertz CT molecular complexity index is 757. The first kappa shape index (κ1) is 19.2. The molecule has 1 N–H and O–H groups in total. The molecule has 1 aliphatic rings. The maximum Gasteiger partial charge on any atom is 0.341 e. The smallest absolute Gasteiger partial charge is 0.341 e. The summed E-state index contributed by atoms with van der Waals surface area (Å²) in [6.45, 7) is 3.26. The Morgan fingerprint density at radius 3 is 2.48 bits per heavy atom. The average molecular weight is 361 g/mol. The molecule has 9 heteroatoms. The Morgan fingerprint density at radius 2 is 1.87 bits per heavy atom. The number of hydrogen-bond acceptors (Lipinski definition) is 5. The molecule has 0 aliphatic carbocycles. The zero-order chi connectivity index (χ0) is 15.0. The molecule has 1 aliphatic heterocycles. The highest BCUT2D eigenvalue weighted by atomic mass is 35.5. The lowest BCUT2D eigenvalue weighted by Gasteiger charge is -2.35. The maximum atomic E-state index is 12.2. The van der Waals surface area contributed by atoms with E-state index in [1.54, 1.807) is 23.0 Å². The number of rotatable bonds is 2. The van der Waals surface area contributed by atoms with E-state index < -0.39 is 11.4 Å². The summed E-state index contributed by atoms with van der Waals surface area (Å²) in [5.74, 6) is -1.21. The highest BCUT2D eigenvalue weighted by Gasteiger charge is 2.20. The van der Waals surface area contributed by atoms with E-state index in [2.05, 4.69) is 9.88 Å². The SMILES string of the molecule is CN1CCN(n2cc(C(=O)O)c(=O)c3cccnc32)CC1.Cl.Cl. The minimum atomic E-state index is -1.21. The molecule has 2 aromatic heterocycles. The quantitative estimate of drug-likeness (QED) is 0.854. The van der Waals surface area contributed by atoms with E-state index in [1.165, 1.54) is 6.20 Å². The van der Waals surface area contributed by atoms with Crippen LogP contribution in [-0.4, -0.2) is 58.9 Å². The number of piperazine rings is 1. The number of hydrogen-bond donors (Lipinski definition) is 1. The lowest BCUT2D eigenvalue weighted by atomic mass is 10.2. The van der Waals surface area contributed by atoms with E-state index in [9.17, 15) is 14.7 Å². The first-order valence-electron chi connectivity index (χ1n) is 6.75. The van der Waals surface area contributed by atoms with Crippen LogP contribution in [0.1, 0.15) is 10.4 Å². The summed E-state index contributed by atoms with van der Waals surface area (Å²) in [7, 11) is 2.04. The third kappa shape index (κ3) is 3.57. The van der Waals surface area contributed by atoms with Crippen molar-refractivity contribution < 1.29 is 9.90 Å². The number of carboxylic acid groups (broad SMARTS) is 1. The monoisotopic (exact) mass is 360 g/mol. The molecule has 1 fully saturated rings. The normalized spacial score (nSPS) is 14.9. The van der Waals surface area contributed by atoms with E-state index in [4.69, 9.17) is 0 Å². The van der Waals surface area contributed by atoms with Crippen LogP contribution < -0.4 is 10.4 Å². The van der Waals surface area contributed by atoms with Crippen molar-refractivity contribution in [3.05, 3.63) is 40.3 Å². The fraction of sp³-hybridized carbons (Fsp3) is 0.357. The lowest BCUT2D eigenvalue weighted by Crippen LogP contribution is -2.50. The van der Waals surface area contributed by atoms with Gasteiger partial charge in [0.2, 0.25) is 5.43 Å². The molecule has 0 radical (unpaired) electrons. The summed E-state index contributed by atoms with van der Waals surface area (Å²) >= 11 is 0. The maximum absolute atomic E-state index is 12.2. The van der Waals surface area contributed by atoms with Crippen LogP contribution in [0.4, 0.5) is 0 Å². The molecule has 3 heterocycles. The van der Waals surface area contributed by atoms with Crippen molar-refractivity contribution in [3.8, 4) is 0 Å². The van der Waals surface area contributed by atoms with Gasteiger partial charge in [-0.3, -0.25) is 4.79 Å². The second kappa shape index (κ2) is 7.63. The molecule has 0 amide bonds. The van der Waals surface area contributed by atoms with Crippen LogP contribution in [0.3, 0.4) is 0 Å². The van der Waals surface area contributed by atoms with E-state index in [1.807, 2.05) is 12.1 Å².